The Balaban J connectivity index is 1.47. The molecule has 0 amide bonds. The Bertz CT molecular complexity index is 1470. The molecule has 0 radical (unpaired) electrons. The molecule has 0 saturated carbocycles. The van der Waals surface area contributed by atoms with Crippen LogP contribution in [0.4, 0.5) is 17.6 Å². The molecule has 0 N–H and O–H groups in total. The average molecular weight is 525 g/mol. The summed E-state index contributed by atoms with van der Waals surface area (Å²) in [6, 6.07) is 4.94. The molecule has 5 rings (SSSR count). The van der Waals surface area contributed by atoms with Crippen LogP contribution in [0.5, 0.6) is 5.75 Å². The van der Waals surface area contributed by atoms with Crippen LogP contribution in [0, 0.1) is 23.3 Å². The van der Waals surface area contributed by atoms with E-state index in [-0.39, 0.29) is 23.9 Å². The highest BCUT2D eigenvalue weighted by Crippen LogP contribution is 2.40. The van der Waals surface area contributed by atoms with E-state index < -0.39 is 59.5 Å². The first-order valence-corrected chi connectivity index (χ1v) is 11.3. The van der Waals surface area contributed by atoms with Crippen molar-refractivity contribution in [1.82, 2.24) is 4.57 Å². The molecule has 0 spiro atoms. The van der Waals surface area contributed by atoms with Crippen molar-refractivity contribution in [2.75, 3.05) is 6.61 Å². The Morgan fingerprint density at radius 3 is 2.56 bits per heavy atom. The van der Waals surface area contributed by atoms with Crippen LogP contribution in [0.15, 0.2) is 46.3 Å². The van der Waals surface area contributed by atoms with Crippen LogP contribution >= 0.6 is 11.6 Å². The van der Waals surface area contributed by atoms with Gasteiger partial charge in [-0.15, -0.1) is 0 Å². The molecular formula is C24H17ClF4N2O5. The predicted molar refractivity (Wildman–Crippen MR) is 120 cm³/mol. The molecule has 2 aliphatic heterocycles. The van der Waals surface area contributed by atoms with Crippen LogP contribution in [0.1, 0.15) is 25.8 Å². The Labute approximate surface area is 205 Å². The number of carbonyl (C=O) groups excluding carboxylic acids is 1. The van der Waals surface area contributed by atoms with Crippen LogP contribution in [-0.4, -0.2) is 34.9 Å². The molecule has 3 heterocycles. The van der Waals surface area contributed by atoms with E-state index in [0.29, 0.717) is 22.2 Å². The van der Waals surface area contributed by atoms with Crippen molar-refractivity contribution in [3.8, 4) is 5.75 Å². The van der Waals surface area contributed by atoms with Crippen LogP contribution in [0.2, 0.25) is 5.02 Å². The number of ether oxygens (including phenoxy) is 3. The summed E-state index contributed by atoms with van der Waals surface area (Å²) in [7, 11) is 0. The van der Waals surface area contributed by atoms with Crippen LogP contribution < -0.4 is 10.3 Å². The summed E-state index contributed by atoms with van der Waals surface area (Å²) in [5.41, 5.74) is -0.369. The van der Waals surface area contributed by atoms with Gasteiger partial charge in [-0.1, -0.05) is 24.6 Å². The lowest BCUT2D eigenvalue weighted by Gasteiger charge is -2.28. The molecule has 1 saturated heterocycles. The first-order chi connectivity index (χ1) is 17.1. The van der Waals surface area contributed by atoms with Gasteiger partial charge in [0.15, 0.2) is 24.0 Å². The van der Waals surface area contributed by atoms with Crippen LogP contribution in [0.25, 0.3) is 10.8 Å². The average Bonchev–Trinajstić information content (AvgIpc) is 3.32. The Kier molecular flexibility index (Phi) is 5.90. The van der Waals surface area contributed by atoms with Crippen molar-refractivity contribution in [2.24, 2.45) is 4.99 Å². The predicted octanol–water partition coefficient (Wildman–Crippen LogP) is 4.68. The highest BCUT2D eigenvalue weighted by atomic mass is 35.5. The second-order valence-electron chi connectivity index (χ2n) is 8.34. The minimum atomic E-state index is -1.94. The van der Waals surface area contributed by atoms with Crippen molar-refractivity contribution in [1.29, 1.82) is 0 Å². The molecule has 1 aromatic heterocycles. The standard InChI is InChI=1S/C24H17ClF4N2O5/c1-2-16(31-6-5-11-3-4-12(25)7-13(11)23(31)33)22-30-17-9-18(32)35-24(17,36-22)10-34-21-19(28)14(26)8-15(27)20(21)29/h3-8,16-17H,2,9-10H2,1H3. The smallest absolute Gasteiger partial charge is 0.312 e. The van der Waals surface area contributed by atoms with E-state index in [0.717, 1.165) is 0 Å². The van der Waals surface area contributed by atoms with Crippen LogP contribution in [-0.2, 0) is 14.3 Å². The van der Waals surface area contributed by atoms with Gasteiger partial charge >= 0.3 is 11.8 Å². The third-order valence-electron chi connectivity index (χ3n) is 6.11. The lowest BCUT2D eigenvalue weighted by Crippen LogP contribution is -2.45. The molecule has 7 nitrogen and oxygen atoms in total. The van der Waals surface area contributed by atoms with E-state index in [2.05, 4.69) is 4.99 Å². The lowest BCUT2D eigenvalue weighted by molar-refractivity contribution is -0.190. The number of carbonyl (C=O) groups is 1. The van der Waals surface area contributed by atoms with Crippen molar-refractivity contribution >= 4 is 34.2 Å². The number of aliphatic imine (C=N–C) groups is 1. The first kappa shape index (κ1) is 24.1. The molecule has 12 heteroatoms. The number of nitrogens with zero attached hydrogens (tertiary/aromatic N) is 2. The molecule has 36 heavy (non-hydrogen) atoms. The maximum atomic E-state index is 14.1. The van der Waals surface area contributed by atoms with Gasteiger partial charge in [0.25, 0.3) is 5.56 Å². The number of esters is 1. The fourth-order valence-corrected chi connectivity index (χ4v) is 4.50. The summed E-state index contributed by atoms with van der Waals surface area (Å²) in [6.45, 7) is 0.959. The van der Waals surface area contributed by atoms with E-state index in [4.69, 9.17) is 25.8 Å². The number of halogens is 5. The second-order valence-corrected chi connectivity index (χ2v) is 8.78. The SMILES string of the molecule is CCC(C1=NC2CC(=O)OC2(COc2c(F)c(F)cc(F)c2F)O1)n1ccc2ccc(Cl)cc2c1=O. The summed E-state index contributed by atoms with van der Waals surface area (Å²) in [6.07, 6.45) is 1.65. The van der Waals surface area contributed by atoms with E-state index >= 15 is 0 Å². The molecule has 1 fully saturated rings. The number of hydrogen-bond acceptors (Lipinski definition) is 6. The number of aromatic nitrogens is 1. The van der Waals surface area contributed by atoms with Crippen LogP contribution in [0.3, 0.4) is 0 Å². The molecular weight excluding hydrogens is 508 g/mol. The summed E-state index contributed by atoms with van der Waals surface area (Å²) >= 11 is 6.05. The Morgan fingerprint density at radius 2 is 1.86 bits per heavy atom. The van der Waals surface area contributed by atoms with Gasteiger partial charge in [0.2, 0.25) is 17.5 Å². The van der Waals surface area contributed by atoms with Gasteiger partial charge in [-0.2, -0.15) is 8.78 Å². The lowest BCUT2D eigenvalue weighted by atomic mass is 10.1. The van der Waals surface area contributed by atoms with Crippen molar-refractivity contribution in [3.63, 3.8) is 0 Å². The summed E-state index contributed by atoms with van der Waals surface area (Å²) < 4.78 is 72.9. The molecule has 3 atom stereocenters. The van der Waals surface area contributed by atoms with E-state index in [1.54, 1.807) is 31.3 Å². The minimum absolute atomic E-state index is 0.0217. The summed E-state index contributed by atoms with van der Waals surface area (Å²) in [4.78, 5) is 29.6. The normalized spacial score (nSPS) is 21.7. The highest BCUT2D eigenvalue weighted by Gasteiger charge is 2.58. The summed E-state index contributed by atoms with van der Waals surface area (Å²) in [5.74, 6) is -10.8. The molecule has 2 aromatic carbocycles. The van der Waals surface area contributed by atoms with Gasteiger partial charge in [0.1, 0.15) is 12.1 Å². The quantitative estimate of drug-likeness (QED) is 0.266. The highest BCUT2D eigenvalue weighted by molar-refractivity contribution is 6.31. The first-order valence-electron chi connectivity index (χ1n) is 10.9. The fourth-order valence-electron chi connectivity index (χ4n) is 4.33. The van der Waals surface area contributed by atoms with Gasteiger partial charge in [0, 0.05) is 22.7 Å². The molecule has 3 aromatic rings. The molecule has 188 valence electrons. The minimum Gasteiger partial charge on any atom is -0.479 e. The topological polar surface area (TPSA) is 79.1 Å². The van der Waals surface area contributed by atoms with E-state index in [9.17, 15) is 27.2 Å². The third kappa shape index (κ3) is 3.87. The van der Waals surface area contributed by atoms with Crippen molar-refractivity contribution < 1.29 is 36.6 Å². The number of pyridine rings is 1. The molecule has 2 aliphatic rings. The van der Waals surface area contributed by atoms with Gasteiger partial charge in [0.05, 0.1) is 6.42 Å². The number of fused-ring (bicyclic) bond motifs is 2. The zero-order chi connectivity index (χ0) is 25.8. The Morgan fingerprint density at radius 1 is 1.14 bits per heavy atom. The fraction of sp³-hybridized carbons (Fsp3) is 0.292. The van der Waals surface area contributed by atoms with Crippen molar-refractivity contribution in [3.05, 3.63) is 75.2 Å². The number of hydrogen-bond donors (Lipinski definition) is 0. The Hall–Kier alpha value is -3.60. The van der Waals surface area contributed by atoms with Crippen molar-refractivity contribution in [2.45, 2.75) is 37.6 Å². The second kappa shape index (κ2) is 8.81. The van der Waals surface area contributed by atoms with Gasteiger partial charge in [-0.25, -0.2) is 13.8 Å². The number of benzene rings is 2. The van der Waals surface area contributed by atoms with Gasteiger partial charge in [-0.05, 0) is 30.0 Å². The largest absolute Gasteiger partial charge is 0.479 e. The molecule has 3 unspecified atom stereocenters. The zero-order valence-electron chi connectivity index (χ0n) is 18.6. The monoisotopic (exact) mass is 524 g/mol. The van der Waals surface area contributed by atoms with E-state index in [1.165, 1.54) is 10.6 Å². The zero-order valence-corrected chi connectivity index (χ0v) is 19.3. The van der Waals surface area contributed by atoms with Gasteiger partial charge in [-0.3, -0.25) is 9.59 Å². The maximum Gasteiger partial charge on any atom is 0.312 e. The summed E-state index contributed by atoms with van der Waals surface area (Å²) in [5, 5.41) is 1.42. The molecule has 0 aliphatic carbocycles. The maximum absolute atomic E-state index is 14.1. The number of rotatable bonds is 6. The molecule has 0 bridgehead atoms. The van der Waals surface area contributed by atoms with Gasteiger partial charge < -0.3 is 18.8 Å². The third-order valence-corrected chi connectivity index (χ3v) is 6.34. The van der Waals surface area contributed by atoms with E-state index in [1.807, 2.05) is 0 Å².